The number of hydrogen-bond donors (Lipinski definition) is 1. The molecule has 3 heteroatoms. The monoisotopic (exact) mass is 205 g/mol. The molecule has 0 unspecified atom stereocenters. The molecule has 0 bridgehead atoms. The van der Waals surface area contributed by atoms with Gasteiger partial charge < -0.3 is 10.5 Å². The van der Waals surface area contributed by atoms with Crippen molar-refractivity contribution in [3.05, 3.63) is 41.6 Å². The van der Waals surface area contributed by atoms with Crippen LogP contribution in [0.3, 0.4) is 0 Å². The van der Waals surface area contributed by atoms with Gasteiger partial charge in [0.2, 0.25) is 0 Å². The van der Waals surface area contributed by atoms with Gasteiger partial charge in [-0.15, -0.1) is 0 Å². The number of nitrogens with two attached hydrogens (primary N) is 1. The molecule has 0 aromatic heterocycles. The summed E-state index contributed by atoms with van der Waals surface area (Å²) in [7, 11) is 0. The highest BCUT2D eigenvalue weighted by molar-refractivity contribution is 5.87. The van der Waals surface area contributed by atoms with Crippen LogP contribution in [0.2, 0.25) is 0 Å². The van der Waals surface area contributed by atoms with Crippen molar-refractivity contribution in [2.75, 3.05) is 6.61 Å². The number of allylic oxidation sites excluding steroid dienone is 1. The molecule has 0 aliphatic carbocycles. The third kappa shape index (κ3) is 4.31. The summed E-state index contributed by atoms with van der Waals surface area (Å²) in [6, 6.07) is 7.66. The average molecular weight is 205 g/mol. The highest BCUT2D eigenvalue weighted by Crippen LogP contribution is 2.11. The molecule has 0 saturated carbocycles. The van der Waals surface area contributed by atoms with Gasteiger partial charge in [0.15, 0.2) is 5.78 Å². The van der Waals surface area contributed by atoms with Crippen LogP contribution in [0.15, 0.2) is 36.0 Å². The standard InChI is InChI=1S/C12H15NO2/c1-9-3-5-12(6-4-9)15-8-11(13)7-10(2)14/h3-7H,8,13H2,1-2H3/b11-7-. The van der Waals surface area contributed by atoms with E-state index in [1.54, 1.807) is 0 Å². The molecule has 1 aromatic rings. The van der Waals surface area contributed by atoms with Crippen molar-refractivity contribution in [1.82, 2.24) is 0 Å². The van der Waals surface area contributed by atoms with Crippen molar-refractivity contribution in [2.24, 2.45) is 5.73 Å². The maximum absolute atomic E-state index is 10.7. The van der Waals surface area contributed by atoms with E-state index in [0.717, 1.165) is 5.75 Å². The van der Waals surface area contributed by atoms with Crippen molar-refractivity contribution in [1.29, 1.82) is 0 Å². The van der Waals surface area contributed by atoms with Gasteiger partial charge in [0.05, 0.1) is 0 Å². The summed E-state index contributed by atoms with van der Waals surface area (Å²) < 4.78 is 5.38. The lowest BCUT2D eigenvalue weighted by Crippen LogP contribution is -2.10. The van der Waals surface area contributed by atoms with Crippen molar-refractivity contribution in [3.63, 3.8) is 0 Å². The zero-order valence-electron chi connectivity index (χ0n) is 8.99. The van der Waals surface area contributed by atoms with E-state index in [1.165, 1.54) is 18.6 Å². The number of ether oxygens (including phenoxy) is 1. The summed E-state index contributed by atoms with van der Waals surface area (Å²) in [5, 5.41) is 0. The molecule has 0 aliphatic heterocycles. The Balaban J connectivity index is 2.50. The zero-order valence-corrected chi connectivity index (χ0v) is 8.99. The second kappa shape index (κ2) is 5.20. The Hall–Kier alpha value is -1.77. The first-order valence-electron chi connectivity index (χ1n) is 4.74. The zero-order chi connectivity index (χ0) is 11.3. The van der Waals surface area contributed by atoms with E-state index < -0.39 is 0 Å². The Bertz CT molecular complexity index is 366. The smallest absolute Gasteiger partial charge is 0.154 e. The Morgan fingerprint density at radius 3 is 2.53 bits per heavy atom. The maximum Gasteiger partial charge on any atom is 0.154 e. The van der Waals surface area contributed by atoms with E-state index in [9.17, 15) is 4.79 Å². The first-order chi connectivity index (χ1) is 7.08. The predicted molar refractivity (Wildman–Crippen MR) is 59.6 cm³/mol. The fourth-order valence-electron chi connectivity index (χ4n) is 1.10. The fourth-order valence-corrected chi connectivity index (χ4v) is 1.10. The largest absolute Gasteiger partial charge is 0.487 e. The van der Waals surface area contributed by atoms with E-state index in [0.29, 0.717) is 5.70 Å². The van der Waals surface area contributed by atoms with Crippen LogP contribution in [-0.4, -0.2) is 12.4 Å². The molecular formula is C12H15NO2. The molecule has 1 aromatic carbocycles. The van der Waals surface area contributed by atoms with Crippen molar-refractivity contribution in [3.8, 4) is 5.75 Å². The second-order valence-electron chi connectivity index (χ2n) is 3.43. The van der Waals surface area contributed by atoms with E-state index in [-0.39, 0.29) is 12.4 Å². The summed E-state index contributed by atoms with van der Waals surface area (Å²) in [6.07, 6.45) is 1.37. The third-order valence-corrected chi connectivity index (χ3v) is 1.82. The summed E-state index contributed by atoms with van der Waals surface area (Å²) in [6.45, 7) is 3.70. The Labute approximate surface area is 89.5 Å². The number of benzene rings is 1. The molecule has 1 rings (SSSR count). The van der Waals surface area contributed by atoms with Crippen LogP contribution < -0.4 is 10.5 Å². The van der Waals surface area contributed by atoms with Gasteiger partial charge in [0.1, 0.15) is 12.4 Å². The Morgan fingerprint density at radius 2 is 2.00 bits per heavy atom. The Morgan fingerprint density at radius 1 is 1.40 bits per heavy atom. The molecule has 0 amide bonds. The summed E-state index contributed by atoms with van der Waals surface area (Å²) in [4.78, 5) is 10.7. The molecule has 0 fully saturated rings. The highest BCUT2D eigenvalue weighted by Gasteiger charge is 1.96. The van der Waals surface area contributed by atoms with Crippen LogP contribution in [0, 0.1) is 6.92 Å². The molecule has 80 valence electrons. The molecule has 0 spiro atoms. The molecule has 3 nitrogen and oxygen atoms in total. The first kappa shape index (κ1) is 11.3. The van der Waals surface area contributed by atoms with E-state index in [4.69, 9.17) is 10.5 Å². The minimum atomic E-state index is -0.0694. The van der Waals surface area contributed by atoms with Crippen molar-refractivity contribution >= 4 is 5.78 Å². The van der Waals surface area contributed by atoms with Gasteiger partial charge in [-0.1, -0.05) is 17.7 Å². The lowest BCUT2D eigenvalue weighted by Gasteiger charge is -2.05. The van der Waals surface area contributed by atoms with E-state index in [2.05, 4.69) is 0 Å². The van der Waals surface area contributed by atoms with Crippen molar-refractivity contribution < 1.29 is 9.53 Å². The maximum atomic E-state index is 10.7. The topological polar surface area (TPSA) is 52.3 Å². The molecule has 0 saturated heterocycles. The number of carbonyl (C=O) groups excluding carboxylic acids is 1. The molecule has 0 aliphatic rings. The van der Waals surface area contributed by atoms with E-state index >= 15 is 0 Å². The van der Waals surface area contributed by atoms with Gasteiger partial charge in [-0.05, 0) is 26.0 Å². The third-order valence-electron chi connectivity index (χ3n) is 1.82. The predicted octanol–water partition coefficient (Wildman–Crippen LogP) is 1.81. The van der Waals surface area contributed by atoms with Crippen LogP contribution in [0.1, 0.15) is 12.5 Å². The number of aryl methyl sites for hydroxylation is 1. The SMILES string of the molecule is CC(=O)/C=C(\N)COc1ccc(C)cc1. The van der Waals surface area contributed by atoms with Crippen LogP contribution >= 0.6 is 0 Å². The van der Waals surface area contributed by atoms with Crippen molar-refractivity contribution in [2.45, 2.75) is 13.8 Å². The van der Waals surface area contributed by atoms with Gasteiger partial charge in [-0.2, -0.15) is 0 Å². The first-order valence-corrected chi connectivity index (χ1v) is 4.74. The molecular weight excluding hydrogens is 190 g/mol. The summed E-state index contributed by atoms with van der Waals surface area (Å²) >= 11 is 0. The fraction of sp³-hybridized carbons (Fsp3) is 0.250. The van der Waals surface area contributed by atoms with Crippen LogP contribution in [0.4, 0.5) is 0 Å². The molecule has 0 radical (unpaired) electrons. The second-order valence-corrected chi connectivity index (χ2v) is 3.43. The number of ketones is 1. The lowest BCUT2D eigenvalue weighted by molar-refractivity contribution is -0.112. The van der Waals surface area contributed by atoms with Gasteiger partial charge in [0.25, 0.3) is 0 Å². The van der Waals surface area contributed by atoms with Gasteiger partial charge in [-0.25, -0.2) is 0 Å². The van der Waals surface area contributed by atoms with Crippen LogP contribution in [-0.2, 0) is 4.79 Å². The number of carbonyl (C=O) groups is 1. The molecule has 0 atom stereocenters. The van der Waals surface area contributed by atoms with Gasteiger partial charge in [0, 0.05) is 11.8 Å². The summed E-state index contributed by atoms with van der Waals surface area (Å²) in [5.41, 5.74) is 7.18. The summed E-state index contributed by atoms with van der Waals surface area (Å²) in [5.74, 6) is 0.681. The molecule has 15 heavy (non-hydrogen) atoms. The van der Waals surface area contributed by atoms with Crippen LogP contribution in [0.5, 0.6) is 5.75 Å². The van der Waals surface area contributed by atoms with Crippen LogP contribution in [0.25, 0.3) is 0 Å². The highest BCUT2D eigenvalue weighted by atomic mass is 16.5. The van der Waals surface area contributed by atoms with E-state index in [1.807, 2.05) is 31.2 Å². The molecule has 0 heterocycles. The van der Waals surface area contributed by atoms with Gasteiger partial charge >= 0.3 is 0 Å². The quantitative estimate of drug-likeness (QED) is 0.762. The lowest BCUT2D eigenvalue weighted by atomic mass is 10.2. The normalized spacial score (nSPS) is 11.2. The number of rotatable bonds is 4. The average Bonchev–Trinajstić information content (AvgIpc) is 2.16. The number of hydrogen-bond acceptors (Lipinski definition) is 3. The molecule has 2 N–H and O–H groups in total. The van der Waals surface area contributed by atoms with Gasteiger partial charge in [-0.3, -0.25) is 4.79 Å². The Kier molecular flexibility index (Phi) is 3.92. The minimum Gasteiger partial charge on any atom is -0.487 e. The minimum absolute atomic E-state index is 0.0694.